The summed E-state index contributed by atoms with van der Waals surface area (Å²) in [7, 11) is -3.28. The number of hydrogen-bond acceptors (Lipinski definition) is 5. The van der Waals surface area contributed by atoms with Gasteiger partial charge < -0.3 is 15.4 Å². The second-order valence-corrected chi connectivity index (χ2v) is 8.99. The maximum Gasteiger partial charge on any atom is 0.323 e. The molecule has 2 aromatic rings. The standard InChI is InChI=1S/C19H23FN4O4S/c1-3-29(26,27)24-7-6-17(12-24)28-18-9-14(20)8-16(10-18)23-19(25)22-15-5-4-13(2)21-11-15/h4-5,8-11,17H,3,6-7,12H2,1-2H3,(H2,22,23,25). The lowest BCUT2D eigenvalue weighted by molar-refractivity contribution is 0.215. The van der Waals surface area contributed by atoms with E-state index in [1.807, 2.05) is 6.92 Å². The molecule has 0 radical (unpaired) electrons. The van der Waals surface area contributed by atoms with Gasteiger partial charge in [0.15, 0.2) is 0 Å². The molecule has 1 aromatic heterocycles. The molecule has 8 nitrogen and oxygen atoms in total. The summed E-state index contributed by atoms with van der Waals surface area (Å²) in [4.78, 5) is 16.2. The summed E-state index contributed by atoms with van der Waals surface area (Å²) in [6, 6.07) is 6.78. The maximum absolute atomic E-state index is 14.0. The molecule has 1 atom stereocenters. The lowest BCUT2D eigenvalue weighted by Crippen LogP contribution is -2.32. The number of urea groups is 1. The summed E-state index contributed by atoms with van der Waals surface area (Å²) in [6.45, 7) is 4.01. The normalized spacial score (nSPS) is 17.1. The summed E-state index contributed by atoms with van der Waals surface area (Å²) in [6.07, 6.45) is 1.66. The third-order valence-electron chi connectivity index (χ3n) is 4.47. The fourth-order valence-corrected chi connectivity index (χ4v) is 4.10. The number of hydrogen-bond donors (Lipinski definition) is 2. The average molecular weight is 422 g/mol. The largest absolute Gasteiger partial charge is 0.489 e. The lowest BCUT2D eigenvalue weighted by atomic mass is 10.2. The molecule has 10 heteroatoms. The zero-order valence-electron chi connectivity index (χ0n) is 16.2. The number of benzene rings is 1. The highest BCUT2D eigenvalue weighted by Gasteiger charge is 2.31. The van der Waals surface area contributed by atoms with Crippen LogP contribution in [0.15, 0.2) is 36.5 Å². The zero-order valence-corrected chi connectivity index (χ0v) is 17.0. The average Bonchev–Trinajstić information content (AvgIpc) is 3.12. The molecule has 2 amide bonds. The van der Waals surface area contributed by atoms with Crippen LogP contribution < -0.4 is 15.4 Å². The van der Waals surface area contributed by atoms with E-state index in [2.05, 4.69) is 15.6 Å². The van der Waals surface area contributed by atoms with Crippen molar-refractivity contribution in [1.29, 1.82) is 0 Å². The Balaban J connectivity index is 1.62. The molecule has 1 fully saturated rings. The molecule has 1 aliphatic heterocycles. The molecule has 29 heavy (non-hydrogen) atoms. The van der Waals surface area contributed by atoms with E-state index in [-0.39, 0.29) is 29.8 Å². The Labute approximate surface area is 169 Å². The Bertz CT molecular complexity index is 982. The number of aromatic nitrogens is 1. The molecule has 0 saturated carbocycles. The predicted molar refractivity (Wildman–Crippen MR) is 108 cm³/mol. The first-order valence-corrected chi connectivity index (χ1v) is 10.8. The molecule has 1 saturated heterocycles. The van der Waals surface area contributed by atoms with E-state index < -0.39 is 21.9 Å². The van der Waals surface area contributed by atoms with Crippen LogP contribution in [0.25, 0.3) is 0 Å². The van der Waals surface area contributed by atoms with Gasteiger partial charge in [-0.25, -0.2) is 17.6 Å². The fourth-order valence-electron chi connectivity index (χ4n) is 2.96. The van der Waals surface area contributed by atoms with Crippen molar-refractivity contribution in [3.63, 3.8) is 0 Å². The van der Waals surface area contributed by atoms with Gasteiger partial charge in [-0.1, -0.05) is 0 Å². The Morgan fingerprint density at radius 1 is 1.28 bits per heavy atom. The van der Waals surface area contributed by atoms with Crippen molar-refractivity contribution < 1.29 is 22.3 Å². The van der Waals surface area contributed by atoms with Gasteiger partial charge in [0.25, 0.3) is 0 Å². The van der Waals surface area contributed by atoms with E-state index in [0.717, 1.165) is 5.69 Å². The van der Waals surface area contributed by atoms with E-state index in [1.54, 1.807) is 19.1 Å². The molecule has 3 rings (SSSR count). The van der Waals surface area contributed by atoms with Gasteiger partial charge in [0.05, 0.1) is 24.2 Å². The van der Waals surface area contributed by atoms with Crippen LogP contribution in [0, 0.1) is 12.7 Å². The number of ether oxygens (including phenoxy) is 1. The van der Waals surface area contributed by atoms with E-state index in [1.165, 1.54) is 28.7 Å². The summed E-state index contributed by atoms with van der Waals surface area (Å²) in [5, 5.41) is 5.16. The number of aryl methyl sites for hydroxylation is 1. The first-order valence-electron chi connectivity index (χ1n) is 9.21. The minimum atomic E-state index is -3.28. The summed E-state index contributed by atoms with van der Waals surface area (Å²) < 4.78 is 45.0. The van der Waals surface area contributed by atoms with Gasteiger partial charge in [0.2, 0.25) is 10.0 Å². The SMILES string of the molecule is CCS(=O)(=O)N1CCC(Oc2cc(F)cc(NC(=O)Nc3ccc(C)nc3)c2)C1. The quantitative estimate of drug-likeness (QED) is 0.745. The van der Waals surface area contributed by atoms with E-state index in [4.69, 9.17) is 4.74 Å². The number of carbonyl (C=O) groups is 1. The van der Waals surface area contributed by atoms with Gasteiger partial charge in [0.1, 0.15) is 17.7 Å². The topological polar surface area (TPSA) is 101 Å². The third-order valence-corrected chi connectivity index (χ3v) is 6.32. The molecule has 1 aromatic carbocycles. The number of anilines is 2. The molecule has 0 aliphatic carbocycles. The Morgan fingerprint density at radius 3 is 2.72 bits per heavy atom. The van der Waals surface area contributed by atoms with Crippen LogP contribution in [0.1, 0.15) is 19.0 Å². The Kier molecular flexibility index (Phi) is 6.33. The van der Waals surface area contributed by atoms with Crippen LogP contribution >= 0.6 is 0 Å². The highest BCUT2D eigenvalue weighted by Crippen LogP contribution is 2.25. The van der Waals surface area contributed by atoms with E-state index >= 15 is 0 Å². The molecule has 0 bridgehead atoms. The summed E-state index contributed by atoms with van der Waals surface area (Å²) >= 11 is 0. The highest BCUT2D eigenvalue weighted by atomic mass is 32.2. The minimum absolute atomic E-state index is 0.0272. The molecule has 1 unspecified atom stereocenters. The van der Waals surface area contributed by atoms with Crippen molar-refractivity contribution in [2.75, 3.05) is 29.5 Å². The molecular weight excluding hydrogens is 399 g/mol. The van der Waals surface area contributed by atoms with Crippen LogP contribution in [0.2, 0.25) is 0 Å². The summed E-state index contributed by atoms with van der Waals surface area (Å²) in [5.74, 6) is -0.330. The monoisotopic (exact) mass is 422 g/mol. The van der Waals surface area contributed by atoms with Gasteiger partial charge in [-0.2, -0.15) is 4.31 Å². The van der Waals surface area contributed by atoms with Gasteiger partial charge in [-0.15, -0.1) is 0 Å². The number of rotatable bonds is 6. The smallest absolute Gasteiger partial charge is 0.323 e. The van der Waals surface area contributed by atoms with Gasteiger partial charge in [-0.3, -0.25) is 4.98 Å². The van der Waals surface area contributed by atoms with Crippen LogP contribution in [0.5, 0.6) is 5.75 Å². The molecular formula is C19H23FN4O4S. The van der Waals surface area contributed by atoms with Crippen molar-refractivity contribution >= 4 is 27.4 Å². The van der Waals surface area contributed by atoms with E-state index in [9.17, 15) is 17.6 Å². The lowest BCUT2D eigenvalue weighted by Gasteiger charge is -2.17. The number of pyridine rings is 1. The van der Waals surface area contributed by atoms with Crippen molar-refractivity contribution in [3.05, 3.63) is 48.0 Å². The number of amides is 2. The van der Waals surface area contributed by atoms with Crippen molar-refractivity contribution in [3.8, 4) is 5.75 Å². The Morgan fingerprint density at radius 2 is 2.03 bits per heavy atom. The number of halogens is 1. The van der Waals surface area contributed by atoms with E-state index in [0.29, 0.717) is 18.7 Å². The summed E-state index contributed by atoms with van der Waals surface area (Å²) in [5.41, 5.74) is 1.54. The Hall–Kier alpha value is -2.72. The number of nitrogens with one attached hydrogen (secondary N) is 2. The molecule has 2 N–H and O–H groups in total. The zero-order chi connectivity index (χ0) is 21.0. The number of nitrogens with zero attached hydrogens (tertiary/aromatic N) is 2. The number of carbonyl (C=O) groups excluding carboxylic acids is 1. The minimum Gasteiger partial charge on any atom is -0.489 e. The van der Waals surface area contributed by atoms with Crippen LogP contribution in [0.4, 0.5) is 20.6 Å². The first kappa shape index (κ1) is 21.0. The van der Waals surface area contributed by atoms with Gasteiger partial charge in [-0.05, 0) is 38.5 Å². The fraction of sp³-hybridized carbons (Fsp3) is 0.368. The van der Waals surface area contributed by atoms with Crippen molar-refractivity contribution in [2.45, 2.75) is 26.4 Å². The second kappa shape index (κ2) is 8.75. The maximum atomic E-state index is 14.0. The van der Waals surface area contributed by atoms with Crippen LogP contribution in [0.3, 0.4) is 0 Å². The van der Waals surface area contributed by atoms with Crippen molar-refractivity contribution in [1.82, 2.24) is 9.29 Å². The van der Waals surface area contributed by atoms with Gasteiger partial charge >= 0.3 is 6.03 Å². The van der Waals surface area contributed by atoms with Crippen LogP contribution in [-0.2, 0) is 10.0 Å². The highest BCUT2D eigenvalue weighted by molar-refractivity contribution is 7.89. The predicted octanol–water partition coefficient (Wildman–Crippen LogP) is 2.98. The number of sulfonamides is 1. The molecule has 0 spiro atoms. The second-order valence-electron chi connectivity index (χ2n) is 6.73. The van der Waals surface area contributed by atoms with Crippen LogP contribution in [-0.4, -0.2) is 48.7 Å². The van der Waals surface area contributed by atoms with Crippen molar-refractivity contribution in [2.24, 2.45) is 0 Å². The molecule has 2 heterocycles. The molecule has 156 valence electrons. The van der Waals surface area contributed by atoms with Gasteiger partial charge in [0, 0.05) is 30.1 Å². The third kappa shape index (κ3) is 5.64. The first-order chi connectivity index (χ1) is 13.7. The molecule has 1 aliphatic rings.